The van der Waals surface area contributed by atoms with E-state index in [1.165, 1.54) is 0 Å². The number of halogens is 1. The van der Waals surface area contributed by atoms with E-state index >= 15 is 0 Å². The Morgan fingerprint density at radius 1 is 1.22 bits per heavy atom. The first kappa shape index (κ1) is 12.8. The van der Waals surface area contributed by atoms with Crippen molar-refractivity contribution in [2.24, 2.45) is 0 Å². The van der Waals surface area contributed by atoms with E-state index in [9.17, 15) is 0 Å². The topological polar surface area (TPSA) is 47.3 Å². The van der Waals surface area contributed by atoms with Crippen LogP contribution in [0.1, 0.15) is 5.56 Å². The lowest BCUT2D eigenvalue weighted by atomic mass is 10.2. The number of methoxy groups -OCH3 is 1. The van der Waals surface area contributed by atoms with Gasteiger partial charge in [0.1, 0.15) is 5.75 Å². The summed E-state index contributed by atoms with van der Waals surface area (Å²) in [6, 6.07) is 11.7. The molecule has 2 aromatic carbocycles. The normalized spacial score (nSPS) is 10.2. The minimum atomic E-state index is 0.633. The number of nitrogen functional groups attached to an aromatic ring is 1. The van der Waals surface area contributed by atoms with Crippen molar-refractivity contribution in [3.63, 3.8) is 0 Å². The zero-order valence-corrected chi connectivity index (χ0v) is 11.9. The molecule has 0 aliphatic heterocycles. The molecule has 0 heterocycles. The molecule has 0 fully saturated rings. The van der Waals surface area contributed by atoms with Gasteiger partial charge >= 0.3 is 0 Å². The maximum Gasteiger partial charge on any atom is 0.143 e. The van der Waals surface area contributed by atoms with E-state index in [0.717, 1.165) is 21.4 Å². The van der Waals surface area contributed by atoms with Gasteiger partial charge in [0.15, 0.2) is 0 Å². The van der Waals surface area contributed by atoms with Crippen LogP contribution in [0.4, 0.5) is 17.1 Å². The first-order valence-electron chi connectivity index (χ1n) is 5.57. The van der Waals surface area contributed by atoms with Crippen LogP contribution >= 0.6 is 15.9 Å². The van der Waals surface area contributed by atoms with E-state index < -0.39 is 0 Å². The Morgan fingerprint density at radius 2 is 2.00 bits per heavy atom. The smallest absolute Gasteiger partial charge is 0.143 e. The third-order valence-corrected chi connectivity index (χ3v) is 3.64. The molecule has 0 unspecified atom stereocenters. The van der Waals surface area contributed by atoms with Crippen LogP contribution in [0.2, 0.25) is 0 Å². The van der Waals surface area contributed by atoms with Gasteiger partial charge in [0.25, 0.3) is 0 Å². The van der Waals surface area contributed by atoms with E-state index in [4.69, 9.17) is 10.5 Å². The Labute approximate surface area is 115 Å². The standard InChI is InChI=1S/C14H15BrN2O/c1-9-11(15)4-3-5-13(9)17-10-6-7-12(16)14(8-10)18-2/h3-8,17H,16H2,1-2H3. The van der Waals surface area contributed by atoms with Gasteiger partial charge in [0, 0.05) is 21.9 Å². The van der Waals surface area contributed by atoms with Crippen molar-refractivity contribution in [2.75, 3.05) is 18.2 Å². The molecule has 2 rings (SSSR count). The Morgan fingerprint density at radius 3 is 2.72 bits per heavy atom. The summed E-state index contributed by atoms with van der Waals surface area (Å²) in [6.45, 7) is 2.06. The average molecular weight is 307 g/mol. The third-order valence-electron chi connectivity index (χ3n) is 2.78. The molecule has 18 heavy (non-hydrogen) atoms. The number of rotatable bonds is 3. The molecular weight excluding hydrogens is 292 g/mol. The fourth-order valence-corrected chi connectivity index (χ4v) is 2.05. The van der Waals surface area contributed by atoms with E-state index in [-0.39, 0.29) is 0 Å². The van der Waals surface area contributed by atoms with Gasteiger partial charge in [-0.05, 0) is 36.8 Å². The molecular formula is C14H15BrN2O. The lowest BCUT2D eigenvalue weighted by Gasteiger charge is -2.12. The second-order valence-corrected chi connectivity index (χ2v) is 4.85. The van der Waals surface area contributed by atoms with Gasteiger partial charge in [-0.15, -0.1) is 0 Å². The van der Waals surface area contributed by atoms with Crippen molar-refractivity contribution in [3.05, 3.63) is 46.4 Å². The highest BCUT2D eigenvalue weighted by Gasteiger charge is 2.04. The summed E-state index contributed by atoms with van der Waals surface area (Å²) in [7, 11) is 1.61. The second kappa shape index (κ2) is 5.31. The Bertz CT molecular complexity index is 570. The summed E-state index contributed by atoms with van der Waals surface area (Å²) in [5.41, 5.74) is 9.58. The quantitative estimate of drug-likeness (QED) is 0.840. The molecule has 0 aliphatic carbocycles. The Kier molecular flexibility index (Phi) is 3.77. The molecule has 3 N–H and O–H groups in total. The van der Waals surface area contributed by atoms with Crippen LogP contribution in [0.3, 0.4) is 0 Å². The minimum Gasteiger partial charge on any atom is -0.495 e. The molecule has 94 valence electrons. The molecule has 0 atom stereocenters. The van der Waals surface area contributed by atoms with E-state index in [0.29, 0.717) is 11.4 Å². The maximum atomic E-state index is 5.79. The minimum absolute atomic E-state index is 0.633. The van der Waals surface area contributed by atoms with Crippen LogP contribution in [0, 0.1) is 6.92 Å². The SMILES string of the molecule is COc1cc(Nc2cccc(Br)c2C)ccc1N. The molecule has 2 aromatic rings. The van der Waals surface area contributed by atoms with Crippen LogP contribution in [-0.4, -0.2) is 7.11 Å². The molecule has 0 saturated heterocycles. The van der Waals surface area contributed by atoms with Gasteiger partial charge in [-0.25, -0.2) is 0 Å². The van der Waals surface area contributed by atoms with Crippen LogP contribution in [0.25, 0.3) is 0 Å². The summed E-state index contributed by atoms with van der Waals surface area (Å²) in [5.74, 6) is 0.674. The van der Waals surface area contributed by atoms with E-state index in [1.807, 2.05) is 36.4 Å². The van der Waals surface area contributed by atoms with Crippen LogP contribution < -0.4 is 15.8 Å². The van der Waals surface area contributed by atoms with E-state index in [1.54, 1.807) is 7.11 Å². The van der Waals surface area contributed by atoms with Gasteiger partial charge in [-0.2, -0.15) is 0 Å². The Hall–Kier alpha value is -1.68. The number of anilines is 3. The molecule has 0 radical (unpaired) electrons. The van der Waals surface area contributed by atoms with Gasteiger partial charge in [0.05, 0.1) is 12.8 Å². The summed E-state index contributed by atoms with van der Waals surface area (Å²) in [5, 5.41) is 3.35. The van der Waals surface area contributed by atoms with Crippen LogP contribution in [-0.2, 0) is 0 Å². The molecule has 0 aliphatic rings. The predicted octanol–water partition coefficient (Wildman–Crippen LogP) is 4.09. The summed E-state index contributed by atoms with van der Waals surface area (Å²) in [4.78, 5) is 0. The lowest BCUT2D eigenvalue weighted by molar-refractivity contribution is 0.417. The van der Waals surface area contributed by atoms with Crippen molar-refractivity contribution in [2.45, 2.75) is 6.92 Å². The monoisotopic (exact) mass is 306 g/mol. The van der Waals surface area contributed by atoms with Crippen molar-refractivity contribution >= 4 is 33.0 Å². The summed E-state index contributed by atoms with van der Waals surface area (Å²) < 4.78 is 6.28. The number of hydrogen-bond donors (Lipinski definition) is 2. The third kappa shape index (κ3) is 2.59. The highest BCUT2D eigenvalue weighted by molar-refractivity contribution is 9.10. The zero-order valence-electron chi connectivity index (χ0n) is 10.3. The first-order chi connectivity index (χ1) is 8.61. The van der Waals surface area contributed by atoms with Gasteiger partial charge in [-0.3, -0.25) is 0 Å². The van der Waals surface area contributed by atoms with Crippen molar-refractivity contribution in [1.82, 2.24) is 0 Å². The molecule has 0 aromatic heterocycles. The molecule has 3 nitrogen and oxygen atoms in total. The maximum absolute atomic E-state index is 5.79. The zero-order chi connectivity index (χ0) is 13.1. The lowest BCUT2D eigenvalue weighted by Crippen LogP contribution is -1.96. The summed E-state index contributed by atoms with van der Waals surface area (Å²) in [6.07, 6.45) is 0. The summed E-state index contributed by atoms with van der Waals surface area (Å²) >= 11 is 3.51. The number of ether oxygens (including phenoxy) is 1. The number of hydrogen-bond acceptors (Lipinski definition) is 3. The van der Waals surface area contributed by atoms with Gasteiger partial charge < -0.3 is 15.8 Å². The average Bonchev–Trinajstić information content (AvgIpc) is 2.37. The van der Waals surface area contributed by atoms with Crippen molar-refractivity contribution < 1.29 is 4.74 Å². The molecule has 0 saturated carbocycles. The van der Waals surface area contributed by atoms with Crippen LogP contribution in [0.15, 0.2) is 40.9 Å². The Balaban J connectivity index is 2.31. The molecule has 0 bridgehead atoms. The largest absolute Gasteiger partial charge is 0.495 e. The highest BCUT2D eigenvalue weighted by Crippen LogP contribution is 2.30. The number of benzene rings is 2. The fraction of sp³-hybridized carbons (Fsp3) is 0.143. The van der Waals surface area contributed by atoms with E-state index in [2.05, 4.69) is 28.2 Å². The van der Waals surface area contributed by atoms with Crippen molar-refractivity contribution in [3.8, 4) is 5.75 Å². The van der Waals surface area contributed by atoms with Crippen LogP contribution in [0.5, 0.6) is 5.75 Å². The number of nitrogens with two attached hydrogens (primary N) is 1. The molecule has 4 heteroatoms. The van der Waals surface area contributed by atoms with Gasteiger partial charge in [-0.1, -0.05) is 22.0 Å². The molecule has 0 amide bonds. The number of nitrogens with one attached hydrogen (secondary N) is 1. The second-order valence-electron chi connectivity index (χ2n) is 3.99. The highest BCUT2D eigenvalue weighted by atomic mass is 79.9. The van der Waals surface area contributed by atoms with Gasteiger partial charge in [0.2, 0.25) is 0 Å². The predicted molar refractivity (Wildman–Crippen MR) is 79.6 cm³/mol. The fourth-order valence-electron chi connectivity index (χ4n) is 1.69. The molecule has 0 spiro atoms. The first-order valence-corrected chi connectivity index (χ1v) is 6.37. The van der Waals surface area contributed by atoms with Crippen molar-refractivity contribution in [1.29, 1.82) is 0 Å².